The number of aromatic nitrogens is 1. The topological polar surface area (TPSA) is 45.6 Å². The van der Waals surface area contributed by atoms with Gasteiger partial charge >= 0.3 is 0 Å². The molecule has 1 amide bonds. The summed E-state index contributed by atoms with van der Waals surface area (Å²) in [6.07, 6.45) is 1.86. The molecule has 0 bridgehead atoms. The fourth-order valence-electron chi connectivity index (χ4n) is 3.10. The van der Waals surface area contributed by atoms with E-state index < -0.39 is 5.66 Å². The van der Waals surface area contributed by atoms with Gasteiger partial charge in [0.1, 0.15) is 5.66 Å². The monoisotopic (exact) mass is 307 g/mol. The first-order chi connectivity index (χ1) is 10.8. The minimum Gasteiger partial charge on any atom is -0.287 e. The van der Waals surface area contributed by atoms with Gasteiger partial charge in [0.25, 0.3) is 0 Å². The molecule has 0 saturated heterocycles. The number of hydrogen-bond acceptors (Lipinski definition) is 3. The Morgan fingerprint density at radius 2 is 1.87 bits per heavy atom. The van der Waals surface area contributed by atoms with E-state index in [0.717, 1.165) is 33.8 Å². The average molecular weight is 307 g/mol. The Morgan fingerprint density at radius 1 is 1.17 bits per heavy atom. The minimum atomic E-state index is -0.631. The van der Waals surface area contributed by atoms with Gasteiger partial charge in [0.05, 0.1) is 11.4 Å². The van der Waals surface area contributed by atoms with Crippen LogP contribution in [0, 0.1) is 13.8 Å². The normalized spacial score (nSPS) is 15.9. The zero-order chi connectivity index (χ0) is 16.8. The van der Waals surface area contributed by atoms with Crippen LogP contribution < -0.4 is 4.90 Å². The fourth-order valence-corrected chi connectivity index (χ4v) is 3.10. The van der Waals surface area contributed by atoms with E-state index in [1.165, 1.54) is 0 Å². The maximum Gasteiger partial charge on any atom is 0.225 e. The van der Waals surface area contributed by atoms with Gasteiger partial charge in [-0.3, -0.25) is 19.7 Å². The third kappa shape index (κ3) is 2.54. The van der Waals surface area contributed by atoms with Gasteiger partial charge in [-0.1, -0.05) is 18.2 Å². The quantitative estimate of drug-likeness (QED) is 0.807. The van der Waals surface area contributed by atoms with Crippen LogP contribution in [0.25, 0.3) is 0 Å². The minimum absolute atomic E-state index is 0.0107. The van der Waals surface area contributed by atoms with Crippen molar-refractivity contribution in [3.05, 3.63) is 58.9 Å². The van der Waals surface area contributed by atoms with Crippen LogP contribution in [0.15, 0.2) is 41.5 Å². The molecule has 0 N–H and O–H groups in total. The summed E-state index contributed by atoms with van der Waals surface area (Å²) in [5, 5.41) is 0. The maximum atomic E-state index is 12.2. The Morgan fingerprint density at radius 3 is 2.52 bits per heavy atom. The zero-order valence-electron chi connectivity index (χ0n) is 14.2. The lowest BCUT2D eigenvalue weighted by molar-refractivity contribution is -0.117. The van der Waals surface area contributed by atoms with Crippen molar-refractivity contribution >= 4 is 17.3 Å². The first kappa shape index (κ1) is 15.4. The molecule has 0 fully saturated rings. The van der Waals surface area contributed by atoms with E-state index in [-0.39, 0.29) is 5.91 Å². The lowest BCUT2D eigenvalue weighted by atomic mass is 9.95. The third-order valence-electron chi connectivity index (χ3n) is 4.26. The number of rotatable bonds is 1. The van der Waals surface area contributed by atoms with Gasteiger partial charge in [0, 0.05) is 29.9 Å². The number of aryl methyl sites for hydroxylation is 2. The van der Waals surface area contributed by atoms with E-state index in [1.54, 1.807) is 11.8 Å². The number of nitrogens with zero attached hydrogens (tertiary/aromatic N) is 3. The number of fused-ring (bicyclic) bond motifs is 1. The van der Waals surface area contributed by atoms with Gasteiger partial charge in [-0.25, -0.2) is 0 Å². The highest BCUT2D eigenvalue weighted by atomic mass is 16.2. The smallest absolute Gasteiger partial charge is 0.225 e. The predicted molar refractivity (Wildman–Crippen MR) is 93.0 cm³/mol. The maximum absolute atomic E-state index is 12.2. The number of hydrogen-bond donors (Lipinski definition) is 0. The van der Waals surface area contributed by atoms with Crippen molar-refractivity contribution in [2.75, 3.05) is 4.90 Å². The van der Waals surface area contributed by atoms with Crippen molar-refractivity contribution in [1.29, 1.82) is 0 Å². The lowest BCUT2D eigenvalue weighted by Gasteiger charge is -2.40. The number of amides is 1. The first-order valence-electron chi connectivity index (χ1n) is 7.75. The van der Waals surface area contributed by atoms with Crippen LogP contribution in [0.4, 0.5) is 5.69 Å². The third-order valence-corrected chi connectivity index (χ3v) is 4.26. The second-order valence-electron chi connectivity index (χ2n) is 6.45. The molecule has 1 aromatic carbocycles. The molecule has 23 heavy (non-hydrogen) atoms. The van der Waals surface area contributed by atoms with Crippen molar-refractivity contribution in [2.45, 2.75) is 40.3 Å². The fraction of sp³-hybridized carbons (Fsp3) is 0.316. The summed E-state index contributed by atoms with van der Waals surface area (Å²) in [7, 11) is 0. The molecule has 4 heteroatoms. The van der Waals surface area contributed by atoms with E-state index in [9.17, 15) is 4.79 Å². The van der Waals surface area contributed by atoms with Crippen LogP contribution in [-0.4, -0.2) is 22.3 Å². The summed E-state index contributed by atoms with van der Waals surface area (Å²) in [4.78, 5) is 23.3. The van der Waals surface area contributed by atoms with Crippen molar-refractivity contribution in [2.24, 2.45) is 4.99 Å². The standard InChI is InChI=1S/C19H21N3O/c1-12-10-15(11-20-13(12)2)18-16-8-6-7-9-17(16)22(14(3)23)19(4,5)21-18/h6-11H,1-5H3. The van der Waals surface area contributed by atoms with E-state index in [4.69, 9.17) is 4.99 Å². The Labute approximate surface area is 136 Å². The van der Waals surface area contributed by atoms with Gasteiger partial charge in [0.15, 0.2) is 0 Å². The summed E-state index contributed by atoms with van der Waals surface area (Å²) in [6, 6.07) is 10.0. The number of carbonyl (C=O) groups excluding carboxylic acids is 1. The highest BCUT2D eigenvalue weighted by Crippen LogP contribution is 2.35. The molecule has 2 heterocycles. The SMILES string of the molecule is CC(=O)N1c2ccccc2C(c2cnc(C)c(C)c2)=NC1(C)C. The number of para-hydroxylation sites is 1. The first-order valence-corrected chi connectivity index (χ1v) is 7.75. The van der Waals surface area contributed by atoms with Gasteiger partial charge in [-0.05, 0) is 45.4 Å². The van der Waals surface area contributed by atoms with E-state index in [2.05, 4.69) is 11.1 Å². The van der Waals surface area contributed by atoms with Gasteiger partial charge in [0.2, 0.25) is 5.91 Å². The summed E-state index contributed by atoms with van der Waals surface area (Å²) >= 11 is 0. The molecule has 0 aliphatic carbocycles. The van der Waals surface area contributed by atoms with E-state index >= 15 is 0 Å². The molecule has 0 atom stereocenters. The van der Waals surface area contributed by atoms with Crippen LogP contribution in [0.5, 0.6) is 0 Å². The molecule has 118 valence electrons. The van der Waals surface area contributed by atoms with E-state index in [0.29, 0.717) is 0 Å². The summed E-state index contributed by atoms with van der Waals surface area (Å²) < 4.78 is 0. The molecule has 0 radical (unpaired) electrons. The second-order valence-corrected chi connectivity index (χ2v) is 6.45. The molecule has 0 saturated carbocycles. The zero-order valence-corrected chi connectivity index (χ0v) is 14.2. The number of aliphatic imine (C=N–C) groups is 1. The van der Waals surface area contributed by atoms with Crippen LogP contribution in [0.3, 0.4) is 0 Å². The van der Waals surface area contributed by atoms with Crippen molar-refractivity contribution in [1.82, 2.24) is 4.98 Å². The van der Waals surface area contributed by atoms with E-state index in [1.807, 2.05) is 58.2 Å². The van der Waals surface area contributed by atoms with Crippen LogP contribution >= 0.6 is 0 Å². The molecule has 1 aromatic heterocycles. The number of benzene rings is 1. The lowest BCUT2D eigenvalue weighted by Crippen LogP contribution is -2.49. The van der Waals surface area contributed by atoms with Gasteiger partial charge < -0.3 is 0 Å². The van der Waals surface area contributed by atoms with Crippen LogP contribution in [0.2, 0.25) is 0 Å². The van der Waals surface area contributed by atoms with Crippen molar-refractivity contribution in [3.8, 4) is 0 Å². The highest BCUT2D eigenvalue weighted by molar-refractivity contribution is 6.19. The number of pyridine rings is 1. The molecule has 0 unspecified atom stereocenters. The largest absolute Gasteiger partial charge is 0.287 e. The molecule has 1 aliphatic heterocycles. The summed E-state index contributed by atoms with van der Waals surface area (Å²) in [5.74, 6) is -0.0107. The van der Waals surface area contributed by atoms with Gasteiger partial charge in [-0.2, -0.15) is 0 Å². The summed E-state index contributed by atoms with van der Waals surface area (Å²) in [6.45, 7) is 9.54. The van der Waals surface area contributed by atoms with Crippen LogP contribution in [-0.2, 0) is 4.79 Å². The Bertz CT molecular complexity index is 821. The van der Waals surface area contributed by atoms with Crippen molar-refractivity contribution < 1.29 is 4.79 Å². The van der Waals surface area contributed by atoms with Gasteiger partial charge in [-0.15, -0.1) is 0 Å². The van der Waals surface area contributed by atoms with Crippen molar-refractivity contribution in [3.63, 3.8) is 0 Å². The second kappa shape index (κ2) is 5.30. The predicted octanol–water partition coefficient (Wildman–Crippen LogP) is 3.64. The molecule has 1 aliphatic rings. The number of carbonyl (C=O) groups is 1. The molecule has 2 aromatic rings. The molecular formula is C19H21N3O. The Balaban J connectivity index is 2.25. The Kier molecular flexibility index (Phi) is 3.55. The van der Waals surface area contributed by atoms with Crippen LogP contribution in [0.1, 0.15) is 43.2 Å². The molecule has 3 rings (SSSR count). The highest BCUT2D eigenvalue weighted by Gasteiger charge is 2.36. The molecule has 0 spiro atoms. The number of anilines is 1. The average Bonchev–Trinajstić information content (AvgIpc) is 2.48. The summed E-state index contributed by atoms with van der Waals surface area (Å²) in [5.41, 5.74) is 5.25. The molecular weight excluding hydrogens is 286 g/mol. The molecule has 4 nitrogen and oxygen atoms in total. The Hall–Kier alpha value is -2.49.